The molecule has 0 saturated carbocycles. The van der Waals surface area contributed by atoms with E-state index in [-0.39, 0.29) is 5.78 Å². The highest BCUT2D eigenvalue weighted by Gasteiger charge is 2.18. The molecule has 0 fully saturated rings. The number of carbonyl (C=O) groups is 1. The second kappa shape index (κ2) is 5.90. The van der Waals surface area contributed by atoms with Gasteiger partial charge in [-0.15, -0.1) is 0 Å². The van der Waals surface area contributed by atoms with E-state index >= 15 is 0 Å². The van der Waals surface area contributed by atoms with Crippen LogP contribution in [0.1, 0.15) is 22.8 Å². The minimum Gasteiger partial charge on any atom is -0.493 e. The number of hydrogen-bond donors (Lipinski definition) is 1. The molecule has 3 aromatic carbocycles. The molecule has 0 aromatic heterocycles. The maximum Gasteiger partial charge on any atom is 0.197 e. The largest absolute Gasteiger partial charge is 0.493 e. The first-order chi connectivity index (χ1) is 10.7. The van der Waals surface area contributed by atoms with Gasteiger partial charge in [-0.3, -0.25) is 4.79 Å². The monoisotopic (exact) mass is 291 g/mol. The third-order valence-electron chi connectivity index (χ3n) is 3.57. The van der Waals surface area contributed by atoms with E-state index < -0.39 is 0 Å². The second-order valence-corrected chi connectivity index (χ2v) is 5.05. The Balaban J connectivity index is 2.23. The molecule has 110 valence electrons. The van der Waals surface area contributed by atoms with Crippen molar-refractivity contribution in [2.45, 2.75) is 6.92 Å². The Bertz CT molecular complexity index is 840. The van der Waals surface area contributed by atoms with Crippen LogP contribution in [0.4, 0.5) is 5.69 Å². The summed E-state index contributed by atoms with van der Waals surface area (Å²) in [5, 5.41) is 1.90. The van der Waals surface area contributed by atoms with Gasteiger partial charge in [0.2, 0.25) is 0 Å². The number of anilines is 1. The van der Waals surface area contributed by atoms with Crippen LogP contribution in [-0.2, 0) is 0 Å². The molecule has 0 bridgehead atoms. The normalized spacial score (nSPS) is 10.6. The third kappa shape index (κ3) is 2.53. The fraction of sp³-hybridized carbons (Fsp3) is 0.105. The van der Waals surface area contributed by atoms with E-state index in [4.69, 9.17) is 10.5 Å². The summed E-state index contributed by atoms with van der Waals surface area (Å²) in [5.41, 5.74) is 7.53. The van der Waals surface area contributed by atoms with Crippen molar-refractivity contribution in [1.29, 1.82) is 0 Å². The Labute approximate surface area is 129 Å². The molecule has 2 N–H and O–H groups in total. The Morgan fingerprint density at radius 2 is 1.86 bits per heavy atom. The first-order valence-electron chi connectivity index (χ1n) is 7.25. The minimum atomic E-state index is -0.0763. The fourth-order valence-electron chi connectivity index (χ4n) is 2.59. The van der Waals surface area contributed by atoms with E-state index in [2.05, 4.69) is 0 Å². The highest BCUT2D eigenvalue weighted by Crippen LogP contribution is 2.30. The smallest absolute Gasteiger partial charge is 0.197 e. The fourth-order valence-corrected chi connectivity index (χ4v) is 2.59. The zero-order valence-corrected chi connectivity index (χ0v) is 12.4. The van der Waals surface area contributed by atoms with Gasteiger partial charge in [0.15, 0.2) is 5.78 Å². The van der Waals surface area contributed by atoms with E-state index in [1.54, 1.807) is 24.3 Å². The van der Waals surface area contributed by atoms with Gasteiger partial charge in [0.1, 0.15) is 5.75 Å². The first-order valence-corrected chi connectivity index (χ1v) is 7.25. The van der Waals surface area contributed by atoms with Crippen molar-refractivity contribution in [2.75, 3.05) is 12.3 Å². The van der Waals surface area contributed by atoms with Gasteiger partial charge >= 0.3 is 0 Å². The SMILES string of the molecule is CCOc1ccc2ccccc2c1C(=O)c1cccc(N)c1. The van der Waals surface area contributed by atoms with E-state index in [1.165, 1.54) is 0 Å². The second-order valence-electron chi connectivity index (χ2n) is 5.05. The molecule has 0 amide bonds. The molecule has 0 aliphatic heterocycles. The topological polar surface area (TPSA) is 52.3 Å². The molecule has 0 aliphatic rings. The van der Waals surface area contributed by atoms with Crippen LogP contribution in [0.25, 0.3) is 10.8 Å². The lowest BCUT2D eigenvalue weighted by Gasteiger charge is -2.13. The maximum absolute atomic E-state index is 13.0. The molecule has 3 aromatic rings. The molecule has 3 rings (SSSR count). The van der Waals surface area contributed by atoms with Crippen molar-refractivity contribution in [2.24, 2.45) is 0 Å². The van der Waals surface area contributed by atoms with Crippen LogP contribution in [0.5, 0.6) is 5.75 Å². The highest BCUT2D eigenvalue weighted by atomic mass is 16.5. The standard InChI is InChI=1S/C19H17NO2/c1-2-22-17-11-10-13-6-3-4-9-16(13)18(17)19(21)14-7-5-8-15(20)12-14/h3-12H,2,20H2,1H3. The third-order valence-corrected chi connectivity index (χ3v) is 3.57. The predicted molar refractivity (Wildman–Crippen MR) is 89.4 cm³/mol. The number of carbonyl (C=O) groups excluding carboxylic acids is 1. The molecule has 0 spiro atoms. The van der Waals surface area contributed by atoms with Gasteiger partial charge in [-0.05, 0) is 35.9 Å². The summed E-state index contributed by atoms with van der Waals surface area (Å²) >= 11 is 0. The van der Waals surface area contributed by atoms with Crippen LogP contribution in [0, 0.1) is 0 Å². The summed E-state index contributed by atoms with van der Waals surface area (Å²) in [5.74, 6) is 0.529. The van der Waals surface area contributed by atoms with Crippen LogP contribution in [0.2, 0.25) is 0 Å². The van der Waals surface area contributed by atoms with Crippen LogP contribution in [-0.4, -0.2) is 12.4 Å². The molecule has 0 unspecified atom stereocenters. The van der Waals surface area contributed by atoms with Gasteiger partial charge in [-0.25, -0.2) is 0 Å². The minimum absolute atomic E-state index is 0.0763. The van der Waals surface area contributed by atoms with Crippen molar-refractivity contribution >= 4 is 22.2 Å². The van der Waals surface area contributed by atoms with Crippen LogP contribution in [0.3, 0.4) is 0 Å². The summed E-state index contributed by atoms with van der Waals surface area (Å²) in [6, 6.07) is 18.7. The van der Waals surface area contributed by atoms with Crippen molar-refractivity contribution in [3.8, 4) is 5.75 Å². The Hall–Kier alpha value is -2.81. The molecular formula is C19H17NO2. The number of nitrogen functional groups attached to an aromatic ring is 1. The van der Waals surface area contributed by atoms with Crippen LogP contribution >= 0.6 is 0 Å². The lowest BCUT2D eigenvalue weighted by Crippen LogP contribution is -2.07. The number of rotatable bonds is 4. The first kappa shape index (κ1) is 14.1. The summed E-state index contributed by atoms with van der Waals surface area (Å²) in [6.07, 6.45) is 0. The Kier molecular flexibility index (Phi) is 3.79. The maximum atomic E-state index is 13.0. The average Bonchev–Trinajstić information content (AvgIpc) is 2.54. The van der Waals surface area contributed by atoms with E-state index in [9.17, 15) is 4.79 Å². The lowest BCUT2D eigenvalue weighted by atomic mass is 9.96. The van der Waals surface area contributed by atoms with Gasteiger partial charge in [0.25, 0.3) is 0 Å². The molecular weight excluding hydrogens is 274 g/mol. The average molecular weight is 291 g/mol. The van der Waals surface area contributed by atoms with E-state index in [0.29, 0.717) is 29.2 Å². The highest BCUT2D eigenvalue weighted by molar-refractivity contribution is 6.18. The number of ketones is 1. The van der Waals surface area contributed by atoms with Gasteiger partial charge in [0, 0.05) is 11.3 Å². The molecule has 3 heteroatoms. The van der Waals surface area contributed by atoms with E-state index in [1.807, 2.05) is 43.3 Å². The molecule has 0 atom stereocenters. The van der Waals surface area contributed by atoms with Crippen molar-refractivity contribution in [3.63, 3.8) is 0 Å². The zero-order valence-electron chi connectivity index (χ0n) is 12.4. The number of benzene rings is 3. The molecule has 3 nitrogen and oxygen atoms in total. The summed E-state index contributed by atoms with van der Waals surface area (Å²) in [4.78, 5) is 13.0. The van der Waals surface area contributed by atoms with Gasteiger partial charge in [0.05, 0.1) is 12.2 Å². The van der Waals surface area contributed by atoms with Crippen molar-refractivity contribution < 1.29 is 9.53 Å². The summed E-state index contributed by atoms with van der Waals surface area (Å²) in [7, 11) is 0. The van der Waals surface area contributed by atoms with Crippen molar-refractivity contribution in [3.05, 3.63) is 71.8 Å². The number of nitrogens with two attached hydrogens (primary N) is 1. The van der Waals surface area contributed by atoms with Crippen LogP contribution in [0.15, 0.2) is 60.7 Å². The van der Waals surface area contributed by atoms with Crippen molar-refractivity contribution in [1.82, 2.24) is 0 Å². The number of fused-ring (bicyclic) bond motifs is 1. The Morgan fingerprint density at radius 1 is 1.05 bits per heavy atom. The molecule has 22 heavy (non-hydrogen) atoms. The summed E-state index contributed by atoms with van der Waals surface area (Å²) in [6.45, 7) is 2.42. The molecule has 0 saturated heterocycles. The van der Waals surface area contributed by atoms with E-state index in [0.717, 1.165) is 10.8 Å². The lowest BCUT2D eigenvalue weighted by molar-refractivity contribution is 0.103. The summed E-state index contributed by atoms with van der Waals surface area (Å²) < 4.78 is 5.67. The van der Waals surface area contributed by atoms with Gasteiger partial charge in [-0.2, -0.15) is 0 Å². The van der Waals surface area contributed by atoms with Gasteiger partial charge in [-0.1, -0.05) is 42.5 Å². The van der Waals surface area contributed by atoms with Gasteiger partial charge < -0.3 is 10.5 Å². The predicted octanol–water partition coefficient (Wildman–Crippen LogP) is 4.05. The van der Waals surface area contributed by atoms with Crippen LogP contribution < -0.4 is 10.5 Å². The Morgan fingerprint density at radius 3 is 2.64 bits per heavy atom. The number of ether oxygens (including phenoxy) is 1. The molecule has 0 radical (unpaired) electrons. The zero-order chi connectivity index (χ0) is 15.5. The number of hydrogen-bond acceptors (Lipinski definition) is 3. The molecule has 0 heterocycles. The molecule has 0 aliphatic carbocycles. The quantitative estimate of drug-likeness (QED) is 0.582.